The van der Waals surface area contributed by atoms with Gasteiger partial charge in [-0.1, -0.05) is 6.42 Å². The molecule has 0 amide bonds. The second-order valence-electron chi connectivity index (χ2n) is 4.83. The van der Waals surface area contributed by atoms with Gasteiger partial charge in [-0.2, -0.15) is 0 Å². The summed E-state index contributed by atoms with van der Waals surface area (Å²) in [6.07, 6.45) is 8.23. The molecule has 1 atom stereocenters. The van der Waals surface area contributed by atoms with Gasteiger partial charge < -0.3 is 5.32 Å². The van der Waals surface area contributed by atoms with Gasteiger partial charge in [-0.25, -0.2) is 0 Å². The fourth-order valence-electron chi connectivity index (χ4n) is 2.96. The number of thiophene rings is 1. The van der Waals surface area contributed by atoms with Crippen molar-refractivity contribution in [2.45, 2.75) is 51.5 Å². The number of fused-ring (bicyclic) bond motifs is 3. The molecule has 3 rings (SSSR count). The predicted octanol–water partition coefficient (Wildman–Crippen LogP) is 3.22. The molecule has 1 N–H and O–H groups in total. The molecule has 2 aliphatic rings. The first-order valence-corrected chi connectivity index (χ1v) is 7.04. The maximum Gasteiger partial charge on any atom is 0.0389 e. The Hall–Kier alpha value is -0.340. The van der Waals surface area contributed by atoms with Crippen molar-refractivity contribution in [1.29, 1.82) is 0 Å². The zero-order valence-corrected chi connectivity index (χ0v) is 10.3. The summed E-state index contributed by atoms with van der Waals surface area (Å²) < 4.78 is 0. The van der Waals surface area contributed by atoms with Crippen molar-refractivity contribution in [2.75, 3.05) is 6.54 Å². The van der Waals surface area contributed by atoms with Crippen LogP contribution in [0.3, 0.4) is 0 Å². The highest BCUT2D eigenvalue weighted by Gasteiger charge is 2.24. The van der Waals surface area contributed by atoms with Crippen LogP contribution in [0.15, 0.2) is 0 Å². The SMILES string of the molecule is CC1NCCc2c1sc1c2CCCCC1. The molecule has 0 spiro atoms. The number of rotatable bonds is 0. The largest absolute Gasteiger partial charge is 0.309 e. The fourth-order valence-corrected chi connectivity index (χ4v) is 4.43. The Balaban J connectivity index is 2.06. The lowest BCUT2D eigenvalue weighted by molar-refractivity contribution is 0.548. The van der Waals surface area contributed by atoms with Crippen molar-refractivity contribution in [3.05, 3.63) is 20.9 Å². The molecular weight excluding hydrogens is 202 g/mol. The van der Waals surface area contributed by atoms with Crippen LogP contribution < -0.4 is 5.32 Å². The van der Waals surface area contributed by atoms with E-state index in [1.54, 1.807) is 20.9 Å². The van der Waals surface area contributed by atoms with Gasteiger partial charge in [-0.15, -0.1) is 11.3 Å². The summed E-state index contributed by atoms with van der Waals surface area (Å²) in [7, 11) is 0. The molecule has 2 heteroatoms. The molecule has 0 aromatic carbocycles. The molecule has 0 fully saturated rings. The van der Waals surface area contributed by atoms with E-state index in [4.69, 9.17) is 0 Å². The summed E-state index contributed by atoms with van der Waals surface area (Å²) >= 11 is 2.10. The van der Waals surface area contributed by atoms with E-state index in [2.05, 4.69) is 23.6 Å². The summed E-state index contributed by atoms with van der Waals surface area (Å²) in [6, 6.07) is 0.602. The standard InChI is InChI=1S/C13H19NS/c1-9-13-11(7-8-14-9)10-5-3-2-4-6-12(10)15-13/h9,14H,2-8H2,1H3. The number of hydrogen-bond acceptors (Lipinski definition) is 2. The third kappa shape index (κ3) is 1.64. The maximum absolute atomic E-state index is 3.57. The molecule has 0 saturated carbocycles. The Kier molecular flexibility index (Phi) is 2.57. The minimum atomic E-state index is 0.602. The molecule has 15 heavy (non-hydrogen) atoms. The molecule has 1 unspecified atom stereocenters. The minimum absolute atomic E-state index is 0.602. The lowest BCUT2D eigenvalue weighted by Crippen LogP contribution is -2.26. The highest BCUT2D eigenvalue weighted by Crippen LogP contribution is 2.38. The van der Waals surface area contributed by atoms with Crippen LogP contribution in [0, 0.1) is 0 Å². The molecule has 1 aromatic heterocycles. The minimum Gasteiger partial charge on any atom is -0.309 e. The molecule has 0 radical (unpaired) electrons. The van der Waals surface area contributed by atoms with E-state index in [0.717, 1.165) is 0 Å². The normalized spacial score (nSPS) is 25.5. The summed E-state index contributed by atoms with van der Waals surface area (Å²) in [5.74, 6) is 0. The molecule has 1 aliphatic heterocycles. The maximum atomic E-state index is 3.57. The zero-order valence-electron chi connectivity index (χ0n) is 9.44. The van der Waals surface area contributed by atoms with Crippen molar-refractivity contribution in [3.8, 4) is 0 Å². The number of hydrogen-bond donors (Lipinski definition) is 1. The van der Waals surface area contributed by atoms with Crippen molar-refractivity contribution >= 4 is 11.3 Å². The van der Waals surface area contributed by atoms with Gasteiger partial charge in [0.25, 0.3) is 0 Å². The van der Waals surface area contributed by atoms with Crippen LogP contribution in [0.25, 0.3) is 0 Å². The fraction of sp³-hybridized carbons (Fsp3) is 0.692. The number of aryl methyl sites for hydroxylation is 1. The Morgan fingerprint density at radius 1 is 1.07 bits per heavy atom. The molecule has 2 heterocycles. The van der Waals surface area contributed by atoms with Crippen molar-refractivity contribution in [3.63, 3.8) is 0 Å². The van der Waals surface area contributed by atoms with Gasteiger partial charge in [-0.05, 0) is 56.7 Å². The van der Waals surface area contributed by atoms with Gasteiger partial charge >= 0.3 is 0 Å². The topological polar surface area (TPSA) is 12.0 Å². The first-order chi connectivity index (χ1) is 7.36. The molecule has 82 valence electrons. The van der Waals surface area contributed by atoms with Crippen LogP contribution in [0.2, 0.25) is 0 Å². The van der Waals surface area contributed by atoms with Crippen molar-refractivity contribution in [2.24, 2.45) is 0 Å². The van der Waals surface area contributed by atoms with Gasteiger partial charge in [0.1, 0.15) is 0 Å². The summed E-state index contributed by atoms with van der Waals surface area (Å²) in [6.45, 7) is 3.49. The number of nitrogens with one attached hydrogen (secondary N) is 1. The third-order valence-electron chi connectivity index (χ3n) is 3.78. The smallest absolute Gasteiger partial charge is 0.0389 e. The van der Waals surface area contributed by atoms with E-state index in [-0.39, 0.29) is 0 Å². The summed E-state index contributed by atoms with van der Waals surface area (Å²) in [5.41, 5.74) is 3.48. The van der Waals surface area contributed by atoms with Gasteiger partial charge in [0, 0.05) is 15.8 Å². The van der Waals surface area contributed by atoms with Crippen LogP contribution in [-0.2, 0) is 19.3 Å². The lowest BCUT2D eigenvalue weighted by atomic mass is 9.97. The zero-order chi connectivity index (χ0) is 10.3. The van der Waals surface area contributed by atoms with E-state index in [0.29, 0.717) is 6.04 Å². The molecule has 1 nitrogen and oxygen atoms in total. The highest BCUT2D eigenvalue weighted by molar-refractivity contribution is 7.12. The van der Waals surface area contributed by atoms with Gasteiger partial charge in [0.2, 0.25) is 0 Å². The van der Waals surface area contributed by atoms with E-state index in [1.807, 2.05) is 0 Å². The average molecular weight is 221 g/mol. The van der Waals surface area contributed by atoms with Crippen LogP contribution >= 0.6 is 11.3 Å². The molecular formula is C13H19NS. The first-order valence-electron chi connectivity index (χ1n) is 6.23. The highest BCUT2D eigenvalue weighted by atomic mass is 32.1. The second kappa shape index (κ2) is 3.91. The molecule has 1 aliphatic carbocycles. The van der Waals surface area contributed by atoms with E-state index in [9.17, 15) is 0 Å². The molecule has 0 bridgehead atoms. The van der Waals surface area contributed by atoms with E-state index < -0.39 is 0 Å². The third-order valence-corrected chi connectivity index (χ3v) is 5.30. The first kappa shape index (κ1) is 9.86. The predicted molar refractivity (Wildman–Crippen MR) is 65.7 cm³/mol. The molecule has 0 saturated heterocycles. The Morgan fingerprint density at radius 2 is 1.93 bits per heavy atom. The molecule has 1 aromatic rings. The van der Waals surface area contributed by atoms with Gasteiger partial charge in [0.15, 0.2) is 0 Å². The average Bonchev–Trinajstić information content (AvgIpc) is 2.45. The van der Waals surface area contributed by atoms with Gasteiger partial charge in [0.05, 0.1) is 0 Å². The Morgan fingerprint density at radius 3 is 2.87 bits per heavy atom. The van der Waals surface area contributed by atoms with Crippen molar-refractivity contribution in [1.82, 2.24) is 5.32 Å². The van der Waals surface area contributed by atoms with Crippen LogP contribution in [-0.4, -0.2) is 6.54 Å². The van der Waals surface area contributed by atoms with Crippen LogP contribution in [0.1, 0.15) is 53.1 Å². The van der Waals surface area contributed by atoms with E-state index in [1.165, 1.54) is 45.1 Å². The second-order valence-corrected chi connectivity index (χ2v) is 5.97. The Labute approximate surface area is 95.9 Å². The summed E-state index contributed by atoms with van der Waals surface area (Å²) in [4.78, 5) is 3.36. The van der Waals surface area contributed by atoms with Crippen LogP contribution in [0.4, 0.5) is 0 Å². The quantitative estimate of drug-likeness (QED) is 0.663. The van der Waals surface area contributed by atoms with Crippen LogP contribution in [0.5, 0.6) is 0 Å². The van der Waals surface area contributed by atoms with Crippen molar-refractivity contribution < 1.29 is 0 Å². The monoisotopic (exact) mass is 221 g/mol. The van der Waals surface area contributed by atoms with Gasteiger partial charge in [-0.3, -0.25) is 0 Å². The summed E-state index contributed by atoms with van der Waals surface area (Å²) in [5, 5.41) is 3.57. The van der Waals surface area contributed by atoms with E-state index >= 15 is 0 Å². The Bertz CT molecular complexity index is 367. The lowest BCUT2D eigenvalue weighted by Gasteiger charge is -2.21.